The summed E-state index contributed by atoms with van der Waals surface area (Å²) in [4.78, 5) is 20.2. The second kappa shape index (κ2) is 9.89. The van der Waals surface area contributed by atoms with Crippen LogP contribution in [-0.4, -0.2) is 31.4 Å². The fourth-order valence-electron chi connectivity index (χ4n) is 3.11. The number of ether oxygens (including phenoxy) is 1. The molecule has 2 heterocycles. The molecule has 0 saturated carbocycles. The molecule has 180 valence electrons. The van der Waals surface area contributed by atoms with Crippen molar-refractivity contribution >= 4 is 27.3 Å². The molecule has 0 aliphatic carbocycles. The van der Waals surface area contributed by atoms with Crippen molar-refractivity contribution in [2.24, 2.45) is 0 Å². The minimum atomic E-state index is -4.42. The lowest BCUT2D eigenvalue weighted by molar-refractivity contribution is 0.102. The van der Waals surface area contributed by atoms with Gasteiger partial charge in [-0.2, -0.15) is 0 Å². The number of sulfonamides is 1. The Kier molecular flexibility index (Phi) is 6.73. The van der Waals surface area contributed by atoms with Gasteiger partial charge in [0.2, 0.25) is 11.8 Å². The molecule has 0 aliphatic heterocycles. The normalized spacial score (nSPS) is 11.3. The van der Waals surface area contributed by atoms with Gasteiger partial charge in [-0.05, 0) is 24.3 Å². The van der Waals surface area contributed by atoms with Crippen LogP contribution in [0.4, 0.5) is 20.2 Å². The number of nitrogens with zero attached hydrogens (tertiary/aromatic N) is 2. The van der Waals surface area contributed by atoms with Crippen molar-refractivity contribution in [3.8, 4) is 17.3 Å². The molecule has 0 saturated heterocycles. The average Bonchev–Trinajstić information content (AvgIpc) is 3.35. The van der Waals surface area contributed by atoms with Gasteiger partial charge in [0.15, 0.2) is 10.6 Å². The molecule has 0 bridgehead atoms. The highest BCUT2D eigenvalue weighted by atomic mass is 32.2. The summed E-state index contributed by atoms with van der Waals surface area (Å²) in [6.07, 6.45) is -0.557. The van der Waals surface area contributed by atoms with Gasteiger partial charge in [-0.3, -0.25) is 9.52 Å². The number of carbonyl (C=O) groups excluding carboxylic acids is 1. The molecule has 0 unspecified atom stereocenters. The molecule has 35 heavy (non-hydrogen) atoms. The van der Waals surface area contributed by atoms with Gasteiger partial charge >= 0.3 is 0 Å². The summed E-state index contributed by atoms with van der Waals surface area (Å²) in [7, 11) is -3.22. The summed E-state index contributed by atoms with van der Waals surface area (Å²) in [6.45, 7) is 0. The first kappa shape index (κ1) is 23.8. The Morgan fingerprint density at radius 2 is 1.80 bits per heavy atom. The number of carbonyl (C=O) groups is 1. The van der Waals surface area contributed by atoms with E-state index in [4.69, 9.17) is 9.15 Å². The standard InChI is InChI=1S/C23H18F2N4O5S/c1-33-23-19(35(31,32)29-17-10-6-5-9-16(17)20(24)25)11-15(12-26-23)27-21(30)18-13-34-22(28-18)14-7-3-2-4-8-14/h2-13,20,29H,1H3,(H,27,30). The molecule has 1 amide bonds. The molecule has 0 radical (unpaired) electrons. The van der Waals surface area contributed by atoms with Crippen molar-refractivity contribution in [3.05, 3.63) is 84.4 Å². The van der Waals surface area contributed by atoms with Crippen LogP contribution < -0.4 is 14.8 Å². The fourth-order valence-corrected chi connectivity index (χ4v) is 4.35. The topological polar surface area (TPSA) is 123 Å². The lowest BCUT2D eigenvalue weighted by Crippen LogP contribution is -2.17. The summed E-state index contributed by atoms with van der Waals surface area (Å²) in [6, 6.07) is 15.1. The number of anilines is 2. The number of nitrogens with one attached hydrogen (secondary N) is 2. The number of rotatable bonds is 8. The molecule has 4 aromatic rings. The van der Waals surface area contributed by atoms with Crippen molar-refractivity contribution in [3.63, 3.8) is 0 Å². The minimum absolute atomic E-state index is 0.00239. The smallest absolute Gasteiger partial charge is 0.277 e. The van der Waals surface area contributed by atoms with Gasteiger partial charge in [0.25, 0.3) is 22.4 Å². The van der Waals surface area contributed by atoms with Gasteiger partial charge < -0.3 is 14.5 Å². The van der Waals surface area contributed by atoms with Gasteiger partial charge in [0.1, 0.15) is 6.26 Å². The van der Waals surface area contributed by atoms with E-state index in [1.165, 1.54) is 31.5 Å². The maximum absolute atomic E-state index is 13.3. The average molecular weight is 500 g/mol. The Hall–Kier alpha value is -4.32. The molecule has 2 N–H and O–H groups in total. The third-order valence-corrected chi connectivity index (χ3v) is 6.12. The number of hydrogen-bond donors (Lipinski definition) is 2. The number of benzene rings is 2. The van der Waals surface area contributed by atoms with Crippen molar-refractivity contribution < 1.29 is 31.1 Å². The Balaban J connectivity index is 1.59. The monoisotopic (exact) mass is 500 g/mol. The molecule has 2 aromatic heterocycles. The van der Waals surface area contributed by atoms with E-state index in [1.807, 2.05) is 6.07 Å². The Morgan fingerprint density at radius 3 is 2.51 bits per heavy atom. The van der Waals surface area contributed by atoms with E-state index >= 15 is 0 Å². The molecular weight excluding hydrogens is 482 g/mol. The molecule has 0 aliphatic rings. The first-order chi connectivity index (χ1) is 16.8. The molecule has 9 nitrogen and oxygen atoms in total. The van der Waals surface area contributed by atoms with Gasteiger partial charge in [0.05, 0.1) is 24.7 Å². The number of halogens is 2. The van der Waals surface area contributed by atoms with Gasteiger partial charge in [-0.15, -0.1) is 0 Å². The highest BCUT2D eigenvalue weighted by Crippen LogP contribution is 2.31. The number of pyridine rings is 1. The van der Waals surface area contributed by atoms with Crippen LogP contribution in [0.15, 0.2) is 82.4 Å². The fraction of sp³-hybridized carbons (Fsp3) is 0.0870. The summed E-state index contributed by atoms with van der Waals surface area (Å²) in [5.41, 5.74) is -0.167. The van der Waals surface area contributed by atoms with E-state index in [-0.39, 0.29) is 28.8 Å². The molecule has 0 fully saturated rings. The zero-order chi connectivity index (χ0) is 25.0. The number of para-hydroxylation sites is 1. The quantitative estimate of drug-likeness (QED) is 0.358. The molecule has 0 spiro atoms. The van der Waals surface area contributed by atoms with Gasteiger partial charge in [-0.1, -0.05) is 36.4 Å². The van der Waals surface area contributed by atoms with Crippen LogP contribution in [0.3, 0.4) is 0 Å². The van der Waals surface area contributed by atoms with Crippen LogP contribution in [0.2, 0.25) is 0 Å². The van der Waals surface area contributed by atoms with Crippen LogP contribution in [0.5, 0.6) is 5.88 Å². The number of oxazole rings is 1. The zero-order valence-electron chi connectivity index (χ0n) is 18.1. The summed E-state index contributed by atoms with van der Waals surface area (Å²) >= 11 is 0. The number of aromatic nitrogens is 2. The number of methoxy groups -OCH3 is 1. The predicted molar refractivity (Wildman–Crippen MR) is 123 cm³/mol. The maximum atomic E-state index is 13.3. The highest BCUT2D eigenvalue weighted by molar-refractivity contribution is 7.92. The van der Waals surface area contributed by atoms with Crippen LogP contribution in [-0.2, 0) is 10.0 Å². The van der Waals surface area contributed by atoms with Crippen LogP contribution in [0.1, 0.15) is 22.5 Å². The van der Waals surface area contributed by atoms with Crippen LogP contribution in [0, 0.1) is 0 Å². The van der Waals surface area contributed by atoms with E-state index in [0.717, 1.165) is 18.4 Å². The Labute approximate surface area is 198 Å². The minimum Gasteiger partial charge on any atom is -0.480 e. The second-order valence-electron chi connectivity index (χ2n) is 7.08. The molecule has 4 rings (SSSR count). The van der Waals surface area contributed by atoms with E-state index in [0.29, 0.717) is 5.56 Å². The van der Waals surface area contributed by atoms with Crippen LogP contribution in [0.25, 0.3) is 11.5 Å². The molecule has 0 atom stereocenters. The number of alkyl halides is 2. The summed E-state index contributed by atoms with van der Waals surface area (Å²) in [5, 5.41) is 2.49. The number of amides is 1. The van der Waals surface area contributed by atoms with E-state index < -0.39 is 32.8 Å². The molecular formula is C23H18F2N4O5S. The highest BCUT2D eigenvalue weighted by Gasteiger charge is 2.25. The van der Waals surface area contributed by atoms with E-state index in [9.17, 15) is 22.0 Å². The van der Waals surface area contributed by atoms with Crippen molar-refractivity contribution in [1.82, 2.24) is 9.97 Å². The van der Waals surface area contributed by atoms with E-state index in [1.54, 1.807) is 24.3 Å². The SMILES string of the molecule is COc1ncc(NC(=O)c2coc(-c3ccccc3)n2)cc1S(=O)(=O)Nc1ccccc1C(F)F. The van der Waals surface area contributed by atoms with Gasteiger partial charge in [-0.25, -0.2) is 27.2 Å². The zero-order valence-corrected chi connectivity index (χ0v) is 18.9. The van der Waals surface area contributed by atoms with Gasteiger partial charge in [0, 0.05) is 11.1 Å². The lowest BCUT2D eigenvalue weighted by atomic mass is 10.2. The van der Waals surface area contributed by atoms with Crippen molar-refractivity contribution in [2.45, 2.75) is 11.3 Å². The molecule has 12 heteroatoms. The molecule has 2 aromatic carbocycles. The maximum Gasteiger partial charge on any atom is 0.277 e. The predicted octanol–water partition coefficient (Wildman–Crippen LogP) is 4.74. The summed E-state index contributed by atoms with van der Waals surface area (Å²) in [5.74, 6) is -0.742. The lowest BCUT2D eigenvalue weighted by Gasteiger charge is -2.14. The third-order valence-electron chi connectivity index (χ3n) is 4.76. The Bertz CT molecular complexity index is 1460. The first-order valence-corrected chi connectivity index (χ1v) is 11.5. The van der Waals surface area contributed by atoms with E-state index in [2.05, 4.69) is 20.0 Å². The second-order valence-corrected chi connectivity index (χ2v) is 8.73. The number of hydrogen-bond acceptors (Lipinski definition) is 7. The summed E-state index contributed by atoms with van der Waals surface area (Å²) < 4.78 is 65.1. The first-order valence-electron chi connectivity index (χ1n) is 10.0. The van der Waals surface area contributed by atoms with Crippen LogP contribution >= 0.6 is 0 Å². The Morgan fingerprint density at radius 1 is 1.09 bits per heavy atom. The van der Waals surface area contributed by atoms with Crippen molar-refractivity contribution in [2.75, 3.05) is 17.1 Å². The third kappa shape index (κ3) is 5.27. The van der Waals surface area contributed by atoms with Crippen molar-refractivity contribution in [1.29, 1.82) is 0 Å². The largest absolute Gasteiger partial charge is 0.480 e.